The number of ether oxygens (including phenoxy) is 2. The van der Waals surface area contributed by atoms with E-state index < -0.39 is 0 Å². The molecular weight excluding hydrogens is 252 g/mol. The smallest absolute Gasteiger partial charge is 0.0741 e. The summed E-state index contributed by atoms with van der Waals surface area (Å²) in [6.07, 6.45) is 5.51. The van der Waals surface area contributed by atoms with Crippen molar-refractivity contribution >= 4 is 0 Å². The van der Waals surface area contributed by atoms with Crippen molar-refractivity contribution < 1.29 is 9.47 Å². The summed E-state index contributed by atoms with van der Waals surface area (Å²) in [6, 6.07) is 0.954. The van der Waals surface area contributed by atoms with Gasteiger partial charge < -0.3 is 20.1 Å². The van der Waals surface area contributed by atoms with E-state index in [4.69, 9.17) is 15.2 Å². The van der Waals surface area contributed by atoms with Crippen LogP contribution in [0.5, 0.6) is 0 Å². The van der Waals surface area contributed by atoms with E-state index in [0.29, 0.717) is 18.0 Å². The van der Waals surface area contributed by atoms with Gasteiger partial charge in [-0.2, -0.15) is 0 Å². The molecule has 2 atom stereocenters. The first kappa shape index (κ1) is 16.2. The molecule has 4 heteroatoms. The zero-order valence-electron chi connectivity index (χ0n) is 13.4. The summed E-state index contributed by atoms with van der Waals surface area (Å²) in [7, 11) is 2.25. The highest BCUT2D eigenvalue weighted by Gasteiger charge is 2.40. The zero-order valence-corrected chi connectivity index (χ0v) is 13.4. The van der Waals surface area contributed by atoms with Gasteiger partial charge in [-0.1, -0.05) is 13.8 Å². The third kappa shape index (κ3) is 4.17. The molecule has 0 saturated carbocycles. The zero-order chi connectivity index (χ0) is 14.6. The molecule has 2 fully saturated rings. The highest BCUT2D eigenvalue weighted by molar-refractivity contribution is 4.92. The van der Waals surface area contributed by atoms with Crippen LogP contribution in [0, 0.1) is 5.92 Å². The van der Waals surface area contributed by atoms with Crippen molar-refractivity contribution in [2.24, 2.45) is 11.7 Å². The Morgan fingerprint density at radius 3 is 2.60 bits per heavy atom. The fourth-order valence-electron chi connectivity index (χ4n) is 3.34. The van der Waals surface area contributed by atoms with Crippen molar-refractivity contribution in [3.05, 3.63) is 0 Å². The van der Waals surface area contributed by atoms with Crippen molar-refractivity contribution in [3.63, 3.8) is 0 Å². The second-order valence-corrected chi connectivity index (χ2v) is 6.97. The van der Waals surface area contributed by atoms with Gasteiger partial charge in [0.25, 0.3) is 0 Å². The molecule has 0 aromatic rings. The van der Waals surface area contributed by atoms with Crippen LogP contribution in [0.1, 0.15) is 46.0 Å². The molecule has 2 rings (SSSR count). The quantitative estimate of drug-likeness (QED) is 0.839. The fraction of sp³-hybridized carbons (Fsp3) is 1.00. The summed E-state index contributed by atoms with van der Waals surface area (Å²) in [5.74, 6) is 0.569. The molecule has 2 aliphatic rings. The summed E-state index contributed by atoms with van der Waals surface area (Å²) in [6.45, 7) is 8.11. The van der Waals surface area contributed by atoms with E-state index in [1.54, 1.807) is 0 Å². The van der Waals surface area contributed by atoms with E-state index in [2.05, 4.69) is 25.8 Å². The van der Waals surface area contributed by atoms with E-state index in [9.17, 15) is 0 Å². The van der Waals surface area contributed by atoms with Gasteiger partial charge in [0, 0.05) is 31.9 Å². The lowest BCUT2D eigenvalue weighted by Crippen LogP contribution is -2.50. The minimum Gasteiger partial charge on any atom is -0.381 e. The average molecular weight is 284 g/mol. The summed E-state index contributed by atoms with van der Waals surface area (Å²) >= 11 is 0. The molecule has 0 aromatic carbocycles. The van der Waals surface area contributed by atoms with Crippen LogP contribution < -0.4 is 5.73 Å². The lowest BCUT2D eigenvalue weighted by atomic mass is 9.83. The number of nitrogens with two attached hydrogens (primary N) is 1. The van der Waals surface area contributed by atoms with Gasteiger partial charge in [0.1, 0.15) is 0 Å². The second kappa shape index (κ2) is 7.21. The van der Waals surface area contributed by atoms with Crippen LogP contribution in [0.4, 0.5) is 0 Å². The lowest BCUT2D eigenvalue weighted by Gasteiger charge is -2.45. The van der Waals surface area contributed by atoms with Gasteiger partial charge in [-0.25, -0.2) is 0 Å². The molecular formula is C16H32N2O2. The molecule has 118 valence electrons. The maximum atomic E-state index is 6.16. The summed E-state index contributed by atoms with van der Waals surface area (Å²) in [5.41, 5.74) is 6.26. The van der Waals surface area contributed by atoms with Gasteiger partial charge in [0.15, 0.2) is 0 Å². The second-order valence-electron chi connectivity index (χ2n) is 6.97. The Kier molecular flexibility index (Phi) is 5.84. The summed E-state index contributed by atoms with van der Waals surface area (Å²) in [4.78, 5) is 2.50. The van der Waals surface area contributed by atoms with Crippen molar-refractivity contribution in [2.75, 3.05) is 33.4 Å². The number of rotatable bonds is 5. The molecule has 0 aliphatic carbocycles. The molecule has 20 heavy (non-hydrogen) atoms. The lowest BCUT2D eigenvalue weighted by molar-refractivity contribution is -0.149. The Bertz CT molecular complexity index is 285. The van der Waals surface area contributed by atoms with Crippen LogP contribution in [-0.2, 0) is 9.47 Å². The standard InChI is InChI=1S/C16H32N2O2/c1-13(2)15(17)4-8-18(3)14-5-9-20-16(12-14)6-10-19-11-7-16/h13-15H,4-12,17H2,1-3H3. The monoisotopic (exact) mass is 284 g/mol. The largest absolute Gasteiger partial charge is 0.381 e. The van der Waals surface area contributed by atoms with Gasteiger partial charge >= 0.3 is 0 Å². The molecule has 0 aromatic heterocycles. The van der Waals surface area contributed by atoms with E-state index >= 15 is 0 Å². The Labute approximate surface area is 124 Å². The van der Waals surface area contributed by atoms with Gasteiger partial charge in [0.2, 0.25) is 0 Å². The first-order valence-electron chi connectivity index (χ1n) is 8.20. The molecule has 2 aliphatic heterocycles. The van der Waals surface area contributed by atoms with Crippen molar-refractivity contribution in [1.82, 2.24) is 4.90 Å². The van der Waals surface area contributed by atoms with Crippen LogP contribution in [0.25, 0.3) is 0 Å². The minimum atomic E-state index is 0.0928. The molecule has 1 spiro atoms. The molecule has 2 N–H and O–H groups in total. The summed E-state index contributed by atoms with van der Waals surface area (Å²) < 4.78 is 11.6. The Morgan fingerprint density at radius 2 is 1.95 bits per heavy atom. The Balaban J connectivity index is 1.82. The highest BCUT2D eigenvalue weighted by atomic mass is 16.5. The fourth-order valence-corrected chi connectivity index (χ4v) is 3.34. The maximum Gasteiger partial charge on any atom is 0.0741 e. The molecule has 0 bridgehead atoms. The van der Waals surface area contributed by atoms with E-state index in [-0.39, 0.29) is 5.60 Å². The third-order valence-corrected chi connectivity index (χ3v) is 5.17. The van der Waals surface area contributed by atoms with Gasteiger partial charge in [-0.15, -0.1) is 0 Å². The van der Waals surface area contributed by atoms with Crippen molar-refractivity contribution in [1.29, 1.82) is 0 Å². The molecule has 0 radical (unpaired) electrons. The molecule has 4 nitrogen and oxygen atoms in total. The van der Waals surface area contributed by atoms with Crippen LogP contribution in [0.2, 0.25) is 0 Å². The molecule has 0 amide bonds. The average Bonchev–Trinajstić information content (AvgIpc) is 2.45. The first-order valence-corrected chi connectivity index (χ1v) is 8.20. The predicted molar refractivity (Wildman–Crippen MR) is 81.8 cm³/mol. The van der Waals surface area contributed by atoms with Gasteiger partial charge in [0.05, 0.1) is 5.60 Å². The van der Waals surface area contributed by atoms with E-state index in [1.807, 2.05) is 0 Å². The van der Waals surface area contributed by atoms with Crippen molar-refractivity contribution in [3.8, 4) is 0 Å². The normalized spacial score (nSPS) is 28.2. The van der Waals surface area contributed by atoms with Gasteiger partial charge in [-0.3, -0.25) is 0 Å². The predicted octanol–water partition coefficient (Wildman–Crippen LogP) is 2.02. The SMILES string of the molecule is CC(C)C(N)CCN(C)C1CCOC2(CCOCC2)C1. The molecule has 2 heterocycles. The Hall–Kier alpha value is -0.160. The minimum absolute atomic E-state index is 0.0928. The third-order valence-electron chi connectivity index (χ3n) is 5.17. The van der Waals surface area contributed by atoms with Crippen LogP contribution in [-0.4, -0.2) is 56.0 Å². The Morgan fingerprint density at radius 1 is 1.25 bits per heavy atom. The van der Waals surface area contributed by atoms with E-state index in [0.717, 1.165) is 58.5 Å². The van der Waals surface area contributed by atoms with Gasteiger partial charge in [-0.05, 0) is 51.6 Å². The first-order chi connectivity index (χ1) is 9.52. The molecule has 2 unspecified atom stereocenters. The van der Waals surface area contributed by atoms with Crippen LogP contribution >= 0.6 is 0 Å². The van der Waals surface area contributed by atoms with Crippen LogP contribution in [0.3, 0.4) is 0 Å². The topological polar surface area (TPSA) is 47.7 Å². The van der Waals surface area contributed by atoms with Crippen molar-refractivity contribution in [2.45, 2.75) is 63.6 Å². The molecule has 2 saturated heterocycles. The number of hydrogen-bond donors (Lipinski definition) is 1. The summed E-state index contributed by atoms with van der Waals surface area (Å²) in [5, 5.41) is 0. The number of hydrogen-bond acceptors (Lipinski definition) is 4. The number of nitrogens with zero attached hydrogens (tertiary/aromatic N) is 1. The highest BCUT2D eigenvalue weighted by Crippen LogP contribution is 2.35. The maximum absolute atomic E-state index is 6.16. The van der Waals surface area contributed by atoms with Crippen LogP contribution in [0.15, 0.2) is 0 Å². The van der Waals surface area contributed by atoms with E-state index in [1.165, 1.54) is 0 Å².